The van der Waals surface area contributed by atoms with Crippen molar-refractivity contribution < 1.29 is 19.4 Å². The van der Waals surface area contributed by atoms with Gasteiger partial charge in [-0.2, -0.15) is 0 Å². The van der Waals surface area contributed by atoms with Gasteiger partial charge in [-0.1, -0.05) is 30.3 Å². The lowest BCUT2D eigenvalue weighted by Gasteiger charge is -2.14. The molecule has 1 N–H and O–H groups in total. The Morgan fingerprint density at radius 1 is 1.17 bits per heavy atom. The predicted molar refractivity (Wildman–Crippen MR) is 115 cm³/mol. The van der Waals surface area contributed by atoms with E-state index in [1.165, 1.54) is 0 Å². The molecule has 1 aliphatic heterocycles. The monoisotopic (exact) mass is 401 g/mol. The molecule has 5 nitrogen and oxygen atoms in total. The van der Waals surface area contributed by atoms with Crippen molar-refractivity contribution in [3.8, 4) is 5.75 Å². The molecule has 0 radical (unpaired) electrons. The summed E-state index contributed by atoms with van der Waals surface area (Å²) >= 11 is 0. The van der Waals surface area contributed by atoms with Gasteiger partial charge in [0.2, 0.25) is 0 Å². The van der Waals surface area contributed by atoms with Gasteiger partial charge in [-0.25, -0.2) is 9.78 Å². The fourth-order valence-corrected chi connectivity index (χ4v) is 4.30. The van der Waals surface area contributed by atoms with Gasteiger partial charge in [-0.05, 0) is 66.7 Å². The highest BCUT2D eigenvalue weighted by molar-refractivity contribution is 6.07. The number of rotatable bonds is 4. The third kappa shape index (κ3) is 3.57. The van der Waals surface area contributed by atoms with Crippen molar-refractivity contribution in [1.82, 2.24) is 4.98 Å². The Morgan fingerprint density at radius 3 is 2.80 bits per heavy atom. The van der Waals surface area contributed by atoms with Crippen LogP contribution in [-0.2, 0) is 15.9 Å². The van der Waals surface area contributed by atoms with Gasteiger partial charge in [-0.15, -0.1) is 0 Å². The summed E-state index contributed by atoms with van der Waals surface area (Å²) in [7, 11) is 0. The lowest BCUT2D eigenvalue weighted by Crippen LogP contribution is -2.19. The minimum atomic E-state index is -0.300. The summed E-state index contributed by atoms with van der Waals surface area (Å²) in [6.45, 7) is 1.03. The fourth-order valence-electron chi connectivity index (χ4n) is 4.30. The van der Waals surface area contributed by atoms with E-state index in [2.05, 4.69) is 6.08 Å². The number of fused-ring (bicyclic) bond motifs is 2. The average Bonchev–Trinajstić information content (AvgIpc) is 3.42. The lowest BCUT2D eigenvalue weighted by atomic mass is 10.0. The molecular weight excluding hydrogens is 378 g/mol. The maximum Gasteiger partial charge on any atom is 0.339 e. The number of benzene rings is 2. The van der Waals surface area contributed by atoms with Crippen LogP contribution in [0, 0.1) is 0 Å². The third-order valence-electron chi connectivity index (χ3n) is 5.80. The highest BCUT2D eigenvalue weighted by atomic mass is 16.6. The minimum Gasteiger partial charge on any atom is -0.508 e. The minimum absolute atomic E-state index is 0.0000493. The van der Waals surface area contributed by atoms with Crippen LogP contribution in [0.1, 0.15) is 46.4 Å². The van der Waals surface area contributed by atoms with Crippen LogP contribution in [-0.4, -0.2) is 35.4 Å². The Labute approximate surface area is 175 Å². The van der Waals surface area contributed by atoms with Crippen molar-refractivity contribution in [1.29, 1.82) is 0 Å². The summed E-state index contributed by atoms with van der Waals surface area (Å²) in [5, 5.41) is 10.4. The normalized spacial score (nSPS) is 19.3. The van der Waals surface area contributed by atoms with Crippen molar-refractivity contribution in [2.45, 2.75) is 31.8 Å². The van der Waals surface area contributed by atoms with E-state index < -0.39 is 0 Å². The summed E-state index contributed by atoms with van der Waals surface area (Å²) in [4.78, 5) is 18.0. The number of esters is 1. The van der Waals surface area contributed by atoms with Gasteiger partial charge < -0.3 is 14.6 Å². The summed E-state index contributed by atoms with van der Waals surface area (Å²) < 4.78 is 11.3. The quantitative estimate of drug-likeness (QED) is 0.638. The maximum absolute atomic E-state index is 13.1. The number of carbonyl (C=O) groups excluding carboxylic acids is 1. The number of hydrogen-bond donors (Lipinski definition) is 1. The van der Waals surface area contributed by atoms with Crippen molar-refractivity contribution >= 4 is 28.5 Å². The maximum atomic E-state index is 13.1. The molecule has 2 aliphatic rings. The highest BCUT2D eigenvalue weighted by Crippen LogP contribution is 2.38. The zero-order valence-corrected chi connectivity index (χ0v) is 16.6. The van der Waals surface area contributed by atoms with Crippen molar-refractivity contribution in [2.75, 3.05) is 13.2 Å². The van der Waals surface area contributed by atoms with E-state index in [4.69, 9.17) is 14.5 Å². The number of para-hydroxylation sites is 1. The van der Waals surface area contributed by atoms with Crippen LogP contribution < -0.4 is 0 Å². The third-order valence-corrected chi connectivity index (χ3v) is 5.80. The molecule has 1 aliphatic carbocycles. The number of allylic oxidation sites excluding steroid dienone is 1. The summed E-state index contributed by atoms with van der Waals surface area (Å²) in [5.41, 5.74) is 5.33. The lowest BCUT2D eigenvalue weighted by molar-refractivity contribution is 0.0162. The molecule has 152 valence electrons. The van der Waals surface area contributed by atoms with Crippen LogP contribution in [0.2, 0.25) is 0 Å². The second-order valence-corrected chi connectivity index (χ2v) is 7.83. The van der Waals surface area contributed by atoms with E-state index in [1.807, 2.05) is 36.4 Å². The first-order valence-corrected chi connectivity index (χ1v) is 10.4. The van der Waals surface area contributed by atoms with Gasteiger partial charge in [0, 0.05) is 12.0 Å². The number of ether oxygens (including phenoxy) is 2. The molecule has 0 bridgehead atoms. The first kappa shape index (κ1) is 18.8. The topological polar surface area (TPSA) is 68.7 Å². The van der Waals surface area contributed by atoms with E-state index in [0.29, 0.717) is 12.2 Å². The molecule has 0 saturated carbocycles. The second kappa shape index (κ2) is 7.92. The molecule has 5 rings (SSSR count). The highest BCUT2D eigenvalue weighted by Gasteiger charge is 2.28. The molecule has 1 aromatic heterocycles. The van der Waals surface area contributed by atoms with Crippen LogP contribution in [0.3, 0.4) is 0 Å². The fraction of sp³-hybridized carbons (Fsp3) is 0.280. The number of carbonyl (C=O) groups is 1. The Balaban J connectivity index is 1.54. The van der Waals surface area contributed by atoms with E-state index in [9.17, 15) is 9.90 Å². The standard InChI is InChI=1S/C25H23NO4/c27-18-10-7-16(8-11-18)14-17-9-12-21-23(25(28)30-15-19-4-3-13-29-19)20-5-1-2-6-22(20)26-24(17)21/h1-2,5-8,10-11,14,19,27H,3-4,9,12-13,15H2/b17-14+. The summed E-state index contributed by atoms with van der Waals surface area (Å²) in [6.07, 6.45) is 5.59. The second-order valence-electron chi connectivity index (χ2n) is 7.83. The zero-order valence-electron chi connectivity index (χ0n) is 16.6. The number of aromatic hydroxyl groups is 1. The number of phenolic OH excluding ortho intramolecular Hbond substituents is 1. The van der Waals surface area contributed by atoms with Crippen LogP contribution >= 0.6 is 0 Å². The molecule has 1 fully saturated rings. The van der Waals surface area contributed by atoms with E-state index in [1.54, 1.807) is 12.1 Å². The molecule has 30 heavy (non-hydrogen) atoms. The van der Waals surface area contributed by atoms with Gasteiger partial charge in [-0.3, -0.25) is 0 Å². The molecule has 2 heterocycles. The smallest absolute Gasteiger partial charge is 0.339 e. The Kier molecular flexibility index (Phi) is 4.97. The van der Waals surface area contributed by atoms with Crippen LogP contribution in [0.25, 0.3) is 22.6 Å². The zero-order chi connectivity index (χ0) is 20.5. The molecule has 1 unspecified atom stereocenters. The van der Waals surface area contributed by atoms with Gasteiger partial charge in [0.25, 0.3) is 0 Å². The van der Waals surface area contributed by atoms with Crippen LogP contribution in [0.4, 0.5) is 0 Å². The van der Waals surface area contributed by atoms with Crippen molar-refractivity contribution in [2.24, 2.45) is 0 Å². The average molecular weight is 401 g/mol. The number of aromatic nitrogens is 1. The largest absolute Gasteiger partial charge is 0.508 e. The van der Waals surface area contributed by atoms with Crippen molar-refractivity contribution in [3.05, 3.63) is 70.9 Å². The Morgan fingerprint density at radius 2 is 2.00 bits per heavy atom. The Bertz CT molecular complexity index is 1130. The molecule has 0 amide bonds. The summed E-state index contributed by atoms with van der Waals surface area (Å²) in [5.74, 6) is -0.0596. The molecule has 3 aromatic rings. The van der Waals surface area contributed by atoms with Gasteiger partial charge >= 0.3 is 5.97 Å². The SMILES string of the molecule is O=C(OCC1CCCO1)c1c2c(nc3ccccc13)/C(=C/c1ccc(O)cc1)CC2. The van der Waals surface area contributed by atoms with Gasteiger partial charge in [0.1, 0.15) is 12.4 Å². The summed E-state index contributed by atoms with van der Waals surface area (Å²) in [6, 6.07) is 14.8. The molecule has 2 aromatic carbocycles. The first-order chi connectivity index (χ1) is 14.7. The molecular formula is C25H23NO4. The predicted octanol–water partition coefficient (Wildman–Crippen LogP) is 4.76. The number of pyridine rings is 1. The Hall–Kier alpha value is -3.18. The number of nitrogens with zero attached hydrogens (tertiary/aromatic N) is 1. The molecule has 1 atom stereocenters. The molecule has 5 heteroatoms. The van der Waals surface area contributed by atoms with Gasteiger partial charge in [0.15, 0.2) is 0 Å². The molecule has 1 saturated heterocycles. The van der Waals surface area contributed by atoms with Gasteiger partial charge in [0.05, 0.1) is 22.9 Å². The van der Waals surface area contributed by atoms with E-state index in [0.717, 1.165) is 65.6 Å². The van der Waals surface area contributed by atoms with E-state index >= 15 is 0 Å². The van der Waals surface area contributed by atoms with Crippen LogP contribution in [0.5, 0.6) is 5.75 Å². The molecule has 0 spiro atoms. The van der Waals surface area contributed by atoms with Crippen molar-refractivity contribution in [3.63, 3.8) is 0 Å². The number of phenols is 1. The van der Waals surface area contributed by atoms with Crippen LogP contribution in [0.15, 0.2) is 48.5 Å². The number of hydrogen-bond acceptors (Lipinski definition) is 5. The van der Waals surface area contributed by atoms with E-state index in [-0.39, 0.29) is 17.8 Å². The first-order valence-electron chi connectivity index (χ1n) is 10.4.